The van der Waals surface area contributed by atoms with Gasteiger partial charge in [0.1, 0.15) is 12.4 Å². The highest BCUT2D eigenvalue weighted by Crippen LogP contribution is 2.23. The quantitative estimate of drug-likeness (QED) is 0.333. The number of aromatic nitrogens is 1. The molecule has 0 spiro atoms. The number of nitrogens with one attached hydrogen (secondary N) is 1. The van der Waals surface area contributed by atoms with Gasteiger partial charge in [-0.2, -0.15) is 0 Å². The summed E-state index contributed by atoms with van der Waals surface area (Å²) in [5, 5.41) is 7.30. The molecular formula is C20H30FIN4O2. The first-order valence-corrected chi connectivity index (χ1v) is 9.23. The van der Waals surface area contributed by atoms with E-state index in [0.29, 0.717) is 19.7 Å². The Kier molecular flexibility index (Phi) is 10.3. The summed E-state index contributed by atoms with van der Waals surface area (Å²) in [7, 11) is 1.94. The third-order valence-electron chi connectivity index (χ3n) is 4.31. The van der Waals surface area contributed by atoms with E-state index >= 15 is 0 Å². The fourth-order valence-corrected chi connectivity index (χ4v) is 2.94. The Hall–Kier alpha value is -1.84. The molecule has 0 amide bonds. The monoisotopic (exact) mass is 504 g/mol. The van der Waals surface area contributed by atoms with Crippen molar-refractivity contribution in [2.45, 2.75) is 33.6 Å². The molecule has 1 N–H and O–H groups in total. The van der Waals surface area contributed by atoms with Crippen molar-refractivity contribution in [3.8, 4) is 5.75 Å². The summed E-state index contributed by atoms with van der Waals surface area (Å²) < 4.78 is 24.4. The number of guanidine groups is 1. The lowest BCUT2D eigenvalue weighted by Gasteiger charge is -2.22. The molecule has 28 heavy (non-hydrogen) atoms. The zero-order valence-corrected chi connectivity index (χ0v) is 19.5. The molecule has 156 valence electrons. The Morgan fingerprint density at radius 1 is 1.36 bits per heavy atom. The van der Waals surface area contributed by atoms with Crippen molar-refractivity contribution in [1.29, 1.82) is 0 Å². The number of halogens is 2. The van der Waals surface area contributed by atoms with E-state index in [0.717, 1.165) is 29.5 Å². The second-order valence-electron chi connectivity index (χ2n) is 6.53. The molecule has 1 aromatic heterocycles. The number of para-hydroxylation sites is 1. The average Bonchev–Trinajstić information content (AvgIpc) is 2.98. The largest absolute Gasteiger partial charge is 0.489 e. The standard InChI is InChI=1S/C20H29FN4O2.HI/c1-6-22-20(23-13-14(2)19-15(3)24-27-16(19)4)25(5)11-12-26-18-10-8-7-9-17(18)21;/h7-10,14H,6,11-13H2,1-5H3,(H,22,23);1H. The first-order valence-electron chi connectivity index (χ1n) is 9.23. The molecule has 0 aliphatic carbocycles. The van der Waals surface area contributed by atoms with Gasteiger partial charge < -0.3 is 19.5 Å². The van der Waals surface area contributed by atoms with Gasteiger partial charge in [0.25, 0.3) is 0 Å². The number of hydrogen-bond acceptors (Lipinski definition) is 4. The molecule has 0 saturated heterocycles. The van der Waals surface area contributed by atoms with Gasteiger partial charge in [0.2, 0.25) is 0 Å². The number of hydrogen-bond donors (Lipinski definition) is 1. The van der Waals surface area contributed by atoms with Crippen LogP contribution < -0.4 is 10.1 Å². The Bertz CT molecular complexity index is 747. The van der Waals surface area contributed by atoms with Gasteiger partial charge in [0.15, 0.2) is 17.5 Å². The molecule has 2 aromatic rings. The maximum Gasteiger partial charge on any atom is 0.193 e. The van der Waals surface area contributed by atoms with Crippen LogP contribution in [0.4, 0.5) is 4.39 Å². The third-order valence-corrected chi connectivity index (χ3v) is 4.31. The van der Waals surface area contributed by atoms with Gasteiger partial charge in [-0.15, -0.1) is 24.0 Å². The van der Waals surface area contributed by atoms with Crippen LogP contribution in [-0.4, -0.2) is 49.3 Å². The Balaban J connectivity index is 0.00000392. The SMILES string of the molecule is CCNC(=NCC(C)c1c(C)noc1C)N(C)CCOc1ccccc1F.I. The van der Waals surface area contributed by atoms with E-state index in [2.05, 4.69) is 17.4 Å². The summed E-state index contributed by atoms with van der Waals surface area (Å²) in [6, 6.07) is 6.41. The summed E-state index contributed by atoms with van der Waals surface area (Å²) in [5.74, 6) is 1.74. The Morgan fingerprint density at radius 3 is 2.68 bits per heavy atom. The van der Waals surface area contributed by atoms with Gasteiger partial charge >= 0.3 is 0 Å². The Labute approximate surface area is 183 Å². The predicted octanol–water partition coefficient (Wildman–Crippen LogP) is 4.13. The van der Waals surface area contributed by atoms with Crippen LogP contribution in [0.2, 0.25) is 0 Å². The number of nitrogens with zero attached hydrogens (tertiary/aromatic N) is 3. The van der Waals surface area contributed by atoms with Crippen LogP contribution in [-0.2, 0) is 0 Å². The van der Waals surface area contributed by atoms with Crippen molar-refractivity contribution in [2.24, 2.45) is 4.99 Å². The van der Waals surface area contributed by atoms with Crippen LogP contribution in [0.1, 0.15) is 36.8 Å². The van der Waals surface area contributed by atoms with Gasteiger partial charge in [-0.05, 0) is 32.9 Å². The summed E-state index contributed by atoms with van der Waals surface area (Å²) >= 11 is 0. The van der Waals surface area contributed by atoms with E-state index in [1.54, 1.807) is 18.2 Å². The van der Waals surface area contributed by atoms with Crippen molar-refractivity contribution in [2.75, 3.05) is 33.3 Å². The maximum absolute atomic E-state index is 13.6. The first kappa shape index (κ1) is 24.2. The minimum atomic E-state index is -0.353. The van der Waals surface area contributed by atoms with Crippen LogP contribution in [0.5, 0.6) is 5.75 Å². The van der Waals surface area contributed by atoms with Crippen LogP contribution in [0.3, 0.4) is 0 Å². The number of likely N-dealkylation sites (N-methyl/N-ethyl adjacent to an activating group) is 1. The van der Waals surface area contributed by atoms with Crippen molar-refractivity contribution >= 4 is 29.9 Å². The highest BCUT2D eigenvalue weighted by Gasteiger charge is 2.17. The molecular weight excluding hydrogens is 474 g/mol. The summed E-state index contributed by atoms with van der Waals surface area (Å²) in [6.07, 6.45) is 0. The molecule has 6 nitrogen and oxygen atoms in total. The summed E-state index contributed by atoms with van der Waals surface area (Å²) in [6.45, 7) is 10.3. The van der Waals surface area contributed by atoms with Gasteiger partial charge in [-0.3, -0.25) is 4.99 Å². The normalized spacial score (nSPS) is 12.3. The molecule has 0 bridgehead atoms. The number of aryl methyl sites for hydroxylation is 2. The molecule has 8 heteroatoms. The van der Waals surface area contributed by atoms with E-state index < -0.39 is 0 Å². The number of benzene rings is 1. The van der Waals surface area contributed by atoms with Gasteiger partial charge in [-0.25, -0.2) is 4.39 Å². The van der Waals surface area contributed by atoms with Gasteiger partial charge in [0, 0.05) is 31.6 Å². The van der Waals surface area contributed by atoms with E-state index in [-0.39, 0.29) is 41.5 Å². The van der Waals surface area contributed by atoms with Crippen LogP contribution >= 0.6 is 24.0 Å². The van der Waals surface area contributed by atoms with E-state index in [4.69, 9.17) is 14.3 Å². The number of ether oxygens (including phenoxy) is 1. The predicted molar refractivity (Wildman–Crippen MR) is 120 cm³/mol. The molecule has 1 heterocycles. The lowest BCUT2D eigenvalue weighted by Crippen LogP contribution is -2.41. The average molecular weight is 504 g/mol. The minimum Gasteiger partial charge on any atom is -0.489 e. The molecule has 0 aliphatic heterocycles. The van der Waals surface area contributed by atoms with Crippen molar-refractivity contribution < 1.29 is 13.7 Å². The van der Waals surface area contributed by atoms with Crippen molar-refractivity contribution in [3.63, 3.8) is 0 Å². The summed E-state index contributed by atoms with van der Waals surface area (Å²) in [5.41, 5.74) is 2.02. The molecule has 0 saturated carbocycles. The lowest BCUT2D eigenvalue weighted by molar-refractivity contribution is 0.270. The lowest BCUT2D eigenvalue weighted by atomic mass is 10.00. The number of aliphatic imine (C=N–C) groups is 1. The zero-order chi connectivity index (χ0) is 19.8. The van der Waals surface area contributed by atoms with Crippen LogP contribution in [0, 0.1) is 19.7 Å². The van der Waals surface area contributed by atoms with Gasteiger partial charge in [-0.1, -0.05) is 24.2 Å². The zero-order valence-electron chi connectivity index (χ0n) is 17.2. The van der Waals surface area contributed by atoms with Crippen LogP contribution in [0.15, 0.2) is 33.8 Å². The molecule has 0 radical (unpaired) electrons. The molecule has 0 fully saturated rings. The second kappa shape index (κ2) is 11.9. The van der Waals surface area contributed by atoms with Crippen molar-refractivity contribution in [3.05, 3.63) is 47.1 Å². The van der Waals surface area contributed by atoms with E-state index in [9.17, 15) is 4.39 Å². The molecule has 1 atom stereocenters. The van der Waals surface area contributed by atoms with E-state index in [1.807, 2.05) is 32.7 Å². The first-order chi connectivity index (χ1) is 12.9. The smallest absolute Gasteiger partial charge is 0.193 e. The second-order valence-corrected chi connectivity index (χ2v) is 6.53. The van der Waals surface area contributed by atoms with Gasteiger partial charge in [0.05, 0.1) is 12.2 Å². The topological polar surface area (TPSA) is 62.9 Å². The molecule has 0 aliphatic rings. The summed E-state index contributed by atoms with van der Waals surface area (Å²) in [4.78, 5) is 6.70. The molecule has 1 unspecified atom stereocenters. The minimum absolute atomic E-state index is 0. The maximum atomic E-state index is 13.6. The fraction of sp³-hybridized carbons (Fsp3) is 0.500. The highest BCUT2D eigenvalue weighted by molar-refractivity contribution is 14.0. The molecule has 2 rings (SSSR count). The number of rotatable bonds is 8. The van der Waals surface area contributed by atoms with Crippen LogP contribution in [0.25, 0.3) is 0 Å². The van der Waals surface area contributed by atoms with E-state index in [1.165, 1.54) is 6.07 Å². The van der Waals surface area contributed by atoms with Crippen molar-refractivity contribution in [1.82, 2.24) is 15.4 Å². The third kappa shape index (κ3) is 6.65. The molecule has 1 aromatic carbocycles. The highest BCUT2D eigenvalue weighted by atomic mass is 127. The Morgan fingerprint density at radius 2 is 2.07 bits per heavy atom. The fourth-order valence-electron chi connectivity index (χ4n) is 2.94.